The number of benzene rings is 2. The first-order chi connectivity index (χ1) is 13.4. The molecule has 0 saturated carbocycles. The molecule has 1 aromatic heterocycles. The van der Waals surface area contributed by atoms with Crippen LogP contribution in [0.4, 0.5) is 5.69 Å². The lowest BCUT2D eigenvalue weighted by atomic mass is 10.1. The Kier molecular flexibility index (Phi) is 5.75. The minimum atomic E-state index is -0.741. The molecular formula is C19H14N2O6S. The third-order valence-corrected chi connectivity index (χ3v) is 4.83. The largest absolute Gasteiger partial charge is 0.451 e. The maximum Gasteiger partial charge on any atom is 0.348 e. The number of nitrogens with one attached hydrogen (secondary N) is 1. The zero-order valence-corrected chi connectivity index (χ0v) is 15.2. The molecule has 0 bridgehead atoms. The number of amides is 2. The van der Waals surface area contributed by atoms with Gasteiger partial charge in [0.25, 0.3) is 11.6 Å². The van der Waals surface area contributed by atoms with Crippen LogP contribution in [0.3, 0.4) is 0 Å². The summed E-state index contributed by atoms with van der Waals surface area (Å²) < 4.78 is 5.60. The van der Waals surface area contributed by atoms with Gasteiger partial charge in [0, 0.05) is 22.2 Å². The van der Waals surface area contributed by atoms with E-state index in [1.165, 1.54) is 18.2 Å². The second-order valence-electron chi connectivity index (χ2n) is 5.80. The number of esters is 1. The van der Waals surface area contributed by atoms with Crippen molar-refractivity contribution in [3.8, 4) is 0 Å². The Balaban J connectivity index is 1.54. The molecular weight excluding hydrogens is 384 g/mol. The summed E-state index contributed by atoms with van der Waals surface area (Å²) in [4.78, 5) is 46.2. The van der Waals surface area contributed by atoms with Crippen molar-refractivity contribution in [3.63, 3.8) is 0 Å². The molecule has 0 aliphatic rings. The van der Waals surface area contributed by atoms with Crippen LogP contribution in [-0.4, -0.2) is 29.3 Å². The van der Waals surface area contributed by atoms with Gasteiger partial charge in [0.2, 0.25) is 5.91 Å². The highest BCUT2D eigenvalue weighted by Crippen LogP contribution is 2.29. The molecule has 0 unspecified atom stereocenters. The van der Waals surface area contributed by atoms with E-state index in [-0.39, 0.29) is 17.0 Å². The van der Waals surface area contributed by atoms with Crippen LogP contribution in [0.2, 0.25) is 0 Å². The van der Waals surface area contributed by atoms with Crippen LogP contribution in [-0.2, 0) is 20.7 Å². The van der Waals surface area contributed by atoms with Crippen molar-refractivity contribution in [3.05, 3.63) is 75.2 Å². The normalized spacial score (nSPS) is 10.4. The topological polar surface area (TPSA) is 116 Å². The number of hydrogen-bond donors (Lipinski definition) is 1. The molecule has 1 heterocycles. The van der Waals surface area contributed by atoms with Crippen molar-refractivity contribution in [2.75, 3.05) is 6.61 Å². The van der Waals surface area contributed by atoms with E-state index in [9.17, 15) is 24.5 Å². The Bertz CT molecular complexity index is 1060. The van der Waals surface area contributed by atoms with Gasteiger partial charge in [0.05, 0.1) is 11.3 Å². The highest BCUT2D eigenvalue weighted by Gasteiger charge is 2.16. The van der Waals surface area contributed by atoms with Crippen LogP contribution in [0.1, 0.15) is 15.2 Å². The summed E-state index contributed by atoms with van der Waals surface area (Å²) in [5.41, 5.74) is 0.672. The van der Waals surface area contributed by atoms with Crippen LogP contribution < -0.4 is 5.32 Å². The van der Waals surface area contributed by atoms with Crippen LogP contribution in [0.25, 0.3) is 10.1 Å². The number of thiophene rings is 1. The number of nitro benzene ring substituents is 1. The molecule has 28 heavy (non-hydrogen) atoms. The lowest BCUT2D eigenvalue weighted by molar-refractivity contribution is -0.384. The van der Waals surface area contributed by atoms with Gasteiger partial charge in [-0.3, -0.25) is 25.0 Å². The Hall–Kier alpha value is -3.59. The summed E-state index contributed by atoms with van der Waals surface area (Å²) in [6.45, 7) is -0.603. The van der Waals surface area contributed by atoms with E-state index in [2.05, 4.69) is 5.32 Å². The van der Waals surface area contributed by atoms with E-state index in [1.807, 2.05) is 6.07 Å². The molecule has 3 rings (SSSR count). The van der Waals surface area contributed by atoms with Crippen molar-refractivity contribution in [2.45, 2.75) is 6.42 Å². The lowest BCUT2D eigenvalue weighted by Gasteiger charge is -2.05. The standard InChI is InChI=1S/C19H14N2O6S/c22-17(8-12-4-2-1-3-5-12)20-18(23)11-27-19(24)16-10-13-9-14(21(25)26)6-7-15(13)28-16/h1-7,9-10H,8,11H2,(H,20,22,23). The smallest absolute Gasteiger partial charge is 0.348 e. The molecule has 0 spiro atoms. The van der Waals surface area contributed by atoms with E-state index in [1.54, 1.807) is 30.3 Å². The summed E-state index contributed by atoms with van der Waals surface area (Å²) in [5, 5.41) is 13.5. The summed E-state index contributed by atoms with van der Waals surface area (Å²) in [6.07, 6.45) is 0.0373. The van der Waals surface area contributed by atoms with E-state index < -0.39 is 29.3 Å². The first-order valence-corrected chi connectivity index (χ1v) is 8.96. The summed E-state index contributed by atoms with van der Waals surface area (Å²) in [6, 6.07) is 14.6. The number of carbonyl (C=O) groups excluding carboxylic acids is 3. The minimum absolute atomic E-state index is 0.0373. The number of ether oxygens (including phenoxy) is 1. The van der Waals surface area contributed by atoms with Gasteiger partial charge in [-0.15, -0.1) is 11.3 Å². The summed E-state index contributed by atoms with van der Waals surface area (Å²) in [5.74, 6) is -1.97. The van der Waals surface area contributed by atoms with Crippen LogP contribution in [0.15, 0.2) is 54.6 Å². The average molecular weight is 398 g/mol. The number of nitro groups is 1. The Morgan fingerprint density at radius 2 is 1.79 bits per heavy atom. The van der Waals surface area contributed by atoms with E-state index in [0.29, 0.717) is 10.1 Å². The fourth-order valence-corrected chi connectivity index (χ4v) is 3.40. The minimum Gasteiger partial charge on any atom is -0.451 e. The fraction of sp³-hybridized carbons (Fsp3) is 0.105. The molecule has 2 aromatic carbocycles. The van der Waals surface area contributed by atoms with Crippen molar-refractivity contribution < 1.29 is 24.0 Å². The lowest BCUT2D eigenvalue weighted by Crippen LogP contribution is -2.35. The van der Waals surface area contributed by atoms with Crippen LogP contribution >= 0.6 is 11.3 Å². The van der Waals surface area contributed by atoms with Crippen molar-refractivity contribution in [2.24, 2.45) is 0 Å². The first-order valence-electron chi connectivity index (χ1n) is 8.14. The van der Waals surface area contributed by atoms with Crippen LogP contribution in [0, 0.1) is 10.1 Å². The third kappa shape index (κ3) is 4.77. The third-order valence-electron chi connectivity index (χ3n) is 3.73. The number of imide groups is 1. The van der Waals surface area contributed by atoms with Gasteiger partial charge in [0.15, 0.2) is 6.61 Å². The zero-order valence-electron chi connectivity index (χ0n) is 14.4. The molecule has 0 aliphatic carbocycles. The molecule has 1 N–H and O–H groups in total. The Morgan fingerprint density at radius 3 is 2.50 bits per heavy atom. The van der Waals surface area contributed by atoms with E-state index >= 15 is 0 Å². The molecule has 0 saturated heterocycles. The predicted molar refractivity (Wildman–Crippen MR) is 102 cm³/mol. The number of carbonyl (C=O) groups is 3. The molecule has 0 radical (unpaired) electrons. The maximum absolute atomic E-state index is 12.1. The molecule has 2 amide bonds. The number of fused-ring (bicyclic) bond motifs is 1. The molecule has 0 fully saturated rings. The van der Waals surface area contributed by atoms with Gasteiger partial charge >= 0.3 is 5.97 Å². The van der Waals surface area contributed by atoms with Gasteiger partial charge < -0.3 is 4.74 Å². The fourth-order valence-electron chi connectivity index (χ4n) is 2.46. The van der Waals surface area contributed by atoms with Crippen molar-refractivity contribution in [1.82, 2.24) is 5.32 Å². The monoisotopic (exact) mass is 398 g/mol. The van der Waals surface area contributed by atoms with E-state index in [4.69, 9.17) is 4.74 Å². The molecule has 0 aliphatic heterocycles. The van der Waals surface area contributed by atoms with E-state index in [0.717, 1.165) is 16.9 Å². The van der Waals surface area contributed by atoms with Crippen LogP contribution in [0.5, 0.6) is 0 Å². The summed E-state index contributed by atoms with van der Waals surface area (Å²) >= 11 is 1.10. The predicted octanol–water partition coefficient (Wildman–Crippen LogP) is 2.85. The molecule has 3 aromatic rings. The zero-order chi connectivity index (χ0) is 20.1. The second-order valence-corrected chi connectivity index (χ2v) is 6.88. The Labute approximate surface area is 162 Å². The van der Waals surface area contributed by atoms with Gasteiger partial charge in [-0.25, -0.2) is 4.79 Å². The molecule has 9 heteroatoms. The number of nitrogens with zero attached hydrogens (tertiary/aromatic N) is 1. The van der Waals surface area contributed by atoms with Crippen molar-refractivity contribution in [1.29, 1.82) is 0 Å². The molecule has 8 nitrogen and oxygen atoms in total. The SMILES string of the molecule is O=C(COC(=O)c1cc2cc([N+](=O)[O-])ccc2s1)NC(=O)Cc1ccccc1. The van der Waals surface area contributed by atoms with Gasteiger partial charge in [-0.05, 0) is 17.7 Å². The number of hydrogen-bond acceptors (Lipinski definition) is 7. The second kappa shape index (κ2) is 8.40. The van der Waals surface area contributed by atoms with Crippen molar-refractivity contribution >= 4 is 44.9 Å². The average Bonchev–Trinajstić information content (AvgIpc) is 3.10. The van der Waals surface area contributed by atoms with Gasteiger partial charge in [-0.1, -0.05) is 30.3 Å². The van der Waals surface area contributed by atoms with Gasteiger partial charge in [0.1, 0.15) is 4.88 Å². The first kappa shape index (κ1) is 19.2. The number of rotatable bonds is 6. The quantitative estimate of drug-likeness (QED) is 0.388. The maximum atomic E-state index is 12.1. The highest BCUT2D eigenvalue weighted by molar-refractivity contribution is 7.20. The van der Waals surface area contributed by atoms with Gasteiger partial charge in [-0.2, -0.15) is 0 Å². The highest BCUT2D eigenvalue weighted by atomic mass is 32.1. The summed E-state index contributed by atoms with van der Waals surface area (Å²) in [7, 11) is 0. The molecule has 142 valence electrons. The Morgan fingerprint density at radius 1 is 1.04 bits per heavy atom. The number of non-ortho nitro benzene ring substituents is 1. The molecule has 0 atom stereocenters.